The molecule has 0 aromatic heterocycles. The normalized spacial score (nSPS) is 11.8. The van der Waals surface area contributed by atoms with E-state index < -0.39 is 10.1 Å². The second-order valence-electron chi connectivity index (χ2n) is 3.14. The van der Waals surface area contributed by atoms with Gasteiger partial charge in [0.25, 0.3) is 0 Å². The van der Waals surface area contributed by atoms with Crippen molar-refractivity contribution in [2.75, 3.05) is 0 Å². The van der Waals surface area contributed by atoms with Gasteiger partial charge in [-0.3, -0.25) is 5.21 Å². The quantitative estimate of drug-likeness (QED) is 0.793. The average molecular weight is 239 g/mol. The molecule has 0 heterocycles. The maximum absolute atomic E-state index is 11.4. The van der Waals surface area contributed by atoms with Crippen molar-refractivity contribution >= 4 is 20.9 Å². The molecular formula is C10H9NO4S. The largest absolute Gasteiger partial charge is 0.314 e. The molecule has 0 radical (unpaired) electrons. The summed E-state index contributed by atoms with van der Waals surface area (Å²) in [5.74, 6) is 0. The second-order valence-corrected chi connectivity index (χ2v) is 4.68. The van der Waals surface area contributed by atoms with E-state index in [0.717, 1.165) is 10.8 Å². The lowest BCUT2D eigenvalue weighted by molar-refractivity contribution is -0.0380. The SMILES string of the molecule is O=S(=O)(ONO)c1ccc2ccccc2c1. The molecule has 0 unspecified atom stereocenters. The van der Waals surface area contributed by atoms with E-state index in [1.165, 1.54) is 17.8 Å². The molecule has 84 valence electrons. The zero-order chi connectivity index (χ0) is 11.6. The van der Waals surface area contributed by atoms with Crippen LogP contribution >= 0.6 is 0 Å². The van der Waals surface area contributed by atoms with Crippen molar-refractivity contribution in [2.24, 2.45) is 0 Å². The molecule has 2 aromatic rings. The molecule has 0 fully saturated rings. The predicted octanol–water partition coefficient (Wildman–Crippen LogP) is 1.44. The number of benzene rings is 2. The minimum absolute atomic E-state index is 0.0206. The fourth-order valence-corrected chi connectivity index (χ4v) is 2.12. The first-order chi connectivity index (χ1) is 7.63. The highest BCUT2D eigenvalue weighted by Crippen LogP contribution is 2.19. The van der Waals surface area contributed by atoms with E-state index in [4.69, 9.17) is 5.21 Å². The summed E-state index contributed by atoms with van der Waals surface area (Å²) in [6.07, 6.45) is 0. The van der Waals surface area contributed by atoms with Gasteiger partial charge in [0.1, 0.15) is 0 Å². The van der Waals surface area contributed by atoms with Crippen molar-refractivity contribution in [1.29, 1.82) is 0 Å². The van der Waals surface area contributed by atoms with Crippen LogP contribution in [-0.2, 0) is 14.4 Å². The van der Waals surface area contributed by atoms with Crippen LogP contribution in [0.3, 0.4) is 0 Å². The molecule has 0 aliphatic rings. The fraction of sp³-hybridized carbons (Fsp3) is 0. The van der Waals surface area contributed by atoms with Gasteiger partial charge in [-0.05, 0) is 22.9 Å². The molecule has 16 heavy (non-hydrogen) atoms. The molecule has 0 aliphatic heterocycles. The van der Waals surface area contributed by atoms with Crippen molar-refractivity contribution in [3.63, 3.8) is 0 Å². The van der Waals surface area contributed by atoms with E-state index in [9.17, 15) is 8.42 Å². The van der Waals surface area contributed by atoms with Gasteiger partial charge in [-0.25, -0.2) is 0 Å². The second kappa shape index (κ2) is 4.18. The van der Waals surface area contributed by atoms with E-state index in [2.05, 4.69) is 4.28 Å². The minimum Gasteiger partial charge on any atom is -0.291 e. The molecule has 0 saturated carbocycles. The Morgan fingerprint density at radius 3 is 2.44 bits per heavy atom. The van der Waals surface area contributed by atoms with Gasteiger partial charge in [0.15, 0.2) is 0 Å². The zero-order valence-corrected chi connectivity index (χ0v) is 8.94. The van der Waals surface area contributed by atoms with Crippen LogP contribution in [0.5, 0.6) is 0 Å². The maximum Gasteiger partial charge on any atom is 0.314 e. The zero-order valence-electron chi connectivity index (χ0n) is 8.12. The molecule has 0 atom stereocenters. The highest BCUT2D eigenvalue weighted by Gasteiger charge is 2.15. The molecule has 2 aromatic carbocycles. The van der Waals surface area contributed by atoms with Gasteiger partial charge in [0.2, 0.25) is 0 Å². The molecule has 0 saturated heterocycles. The van der Waals surface area contributed by atoms with Gasteiger partial charge in [-0.15, -0.1) is 4.28 Å². The highest BCUT2D eigenvalue weighted by atomic mass is 32.2. The lowest BCUT2D eigenvalue weighted by Gasteiger charge is -2.03. The van der Waals surface area contributed by atoms with Gasteiger partial charge >= 0.3 is 10.1 Å². The van der Waals surface area contributed by atoms with Crippen LogP contribution < -0.4 is 5.64 Å². The predicted molar refractivity (Wildman–Crippen MR) is 57.1 cm³/mol. The first-order valence-corrected chi connectivity index (χ1v) is 5.86. The number of nitrogens with one attached hydrogen (secondary N) is 1. The van der Waals surface area contributed by atoms with Crippen molar-refractivity contribution in [3.05, 3.63) is 42.5 Å². The lowest BCUT2D eigenvalue weighted by atomic mass is 10.1. The smallest absolute Gasteiger partial charge is 0.291 e. The first kappa shape index (κ1) is 11.0. The molecule has 5 nitrogen and oxygen atoms in total. The Morgan fingerprint density at radius 2 is 1.75 bits per heavy atom. The monoisotopic (exact) mass is 239 g/mol. The van der Waals surface area contributed by atoms with E-state index in [0.29, 0.717) is 0 Å². The van der Waals surface area contributed by atoms with Gasteiger partial charge in [0.05, 0.1) is 4.90 Å². The van der Waals surface area contributed by atoms with Gasteiger partial charge in [-0.2, -0.15) is 8.42 Å². The Kier molecular flexibility index (Phi) is 2.88. The van der Waals surface area contributed by atoms with Crippen LogP contribution in [0, 0.1) is 0 Å². The molecular weight excluding hydrogens is 230 g/mol. The van der Waals surface area contributed by atoms with Crippen LogP contribution in [0.25, 0.3) is 10.8 Å². The topological polar surface area (TPSA) is 75.6 Å². The summed E-state index contributed by atoms with van der Waals surface area (Å²) in [4.78, 5) is -0.0206. The average Bonchev–Trinajstić information content (AvgIpc) is 2.28. The molecule has 0 spiro atoms. The Bertz CT molecular complexity index is 609. The van der Waals surface area contributed by atoms with Crippen LogP contribution in [0.15, 0.2) is 47.4 Å². The van der Waals surface area contributed by atoms with Crippen LogP contribution in [0.2, 0.25) is 0 Å². The van der Waals surface area contributed by atoms with Crippen molar-refractivity contribution in [3.8, 4) is 0 Å². The molecule has 6 heteroatoms. The van der Waals surface area contributed by atoms with E-state index >= 15 is 0 Å². The molecule has 0 bridgehead atoms. The summed E-state index contributed by atoms with van der Waals surface area (Å²) in [5.41, 5.74) is 1.17. The van der Waals surface area contributed by atoms with Crippen LogP contribution in [0.1, 0.15) is 0 Å². The minimum atomic E-state index is -3.96. The standard InChI is InChI=1S/C10H9NO4S/c12-11-15-16(13,14)10-6-5-8-3-1-2-4-9(8)7-10/h1-7,11-12H. The summed E-state index contributed by atoms with van der Waals surface area (Å²) in [5, 5.41) is 9.94. The Labute approximate surface area is 92.3 Å². The van der Waals surface area contributed by atoms with E-state index in [1.807, 2.05) is 18.2 Å². The van der Waals surface area contributed by atoms with E-state index in [-0.39, 0.29) is 4.90 Å². The third-order valence-electron chi connectivity index (χ3n) is 2.16. The number of hydrogen-bond acceptors (Lipinski definition) is 5. The molecule has 2 N–H and O–H groups in total. The number of hydrogen-bond donors (Lipinski definition) is 2. The van der Waals surface area contributed by atoms with Crippen LogP contribution in [0.4, 0.5) is 0 Å². The Morgan fingerprint density at radius 1 is 1.06 bits per heavy atom. The summed E-state index contributed by atoms with van der Waals surface area (Å²) in [7, 11) is -3.96. The summed E-state index contributed by atoms with van der Waals surface area (Å²) >= 11 is 0. The molecule has 0 amide bonds. The molecule has 0 aliphatic carbocycles. The lowest BCUT2D eigenvalue weighted by Crippen LogP contribution is -2.16. The summed E-state index contributed by atoms with van der Waals surface area (Å²) < 4.78 is 26.9. The molecule has 2 rings (SSSR count). The highest BCUT2D eigenvalue weighted by molar-refractivity contribution is 7.86. The Hall–Kier alpha value is -1.47. The van der Waals surface area contributed by atoms with Crippen LogP contribution in [-0.4, -0.2) is 13.6 Å². The fourth-order valence-electron chi connectivity index (χ4n) is 1.42. The first-order valence-electron chi connectivity index (χ1n) is 4.45. The summed E-state index contributed by atoms with van der Waals surface area (Å²) in [6.45, 7) is 0. The third kappa shape index (κ3) is 2.05. The van der Waals surface area contributed by atoms with Crippen molar-refractivity contribution < 1.29 is 17.9 Å². The number of rotatable bonds is 3. The maximum atomic E-state index is 11.4. The van der Waals surface area contributed by atoms with Gasteiger partial charge < -0.3 is 0 Å². The van der Waals surface area contributed by atoms with E-state index in [1.54, 1.807) is 12.1 Å². The van der Waals surface area contributed by atoms with Gasteiger partial charge in [-0.1, -0.05) is 36.0 Å². The summed E-state index contributed by atoms with van der Waals surface area (Å²) in [6, 6.07) is 11.9. The van der Waals surface area contributed by atoms with Gasteiger partial charge in [0, 0.05) is 0 Å². The van der Waals surface area contributed by atoms with Crippen molar-refractivity contribution in [1.82, 2.24) is 5.64 Å². The third-order valence-corrected chi connectivity index (χ3v) is 3.28. The Balaban J connectivity index is 2.55. The number of fused-ring (bicyclic) bond motifs is 1. The van der Waals surface area contributed by atoms with Crippen molar-refractivity contribution in [2.45, 2.75) is 4.90 Å².